The Morgan fingerprint density at radius 2 is 0.911 bits per heavy atom. The molecule has 3 aliphatic rings. The van der Waals surface area contributed by atoms with Gasteiger partial charge in [0.05, 0.1) is 39.3 Å². The van der Waals surface area contributed by atoms with Crippen LogP contribution in [0, 0.1) is 0 Å². The Bertz CT molecular complexity index is 5050. The number of hydrogen-bond acceptors (Lipinski definition) is 11. The SMILES string of the molecule is C[C@H](NC(=O)OC(C)(C)C)c1cc2cccc(C3CC3)c2c(=O)n1-c1ccccc1.C[C@H](NC(=O)OC(C)(C)C)c1cc2cccc(Cl)c2c(=O)n1-c1ccccc1.C[C@H](NC(=O)c1c(N)nn2cccnc12)c1cc2cccc(C3CC3)c2c(=O)n1-c1ccccc1.F[B-](F)(F)C1CC1.[K+]. The molecule has 5 N–H and O–H groups in total. The van der Waals surface area contributed by atoms with Crippen molar-refractivity contribution in [2.24, 2.45) is 0 Å². The van der Waals surface area contributed by atoms with Gasteiger partial charge in [0.2, 0.25) is 0 Å². The maximum absolute atomic E-state index is 14.0. The monoisotopic (exact) mass is 1410 g/mol. The van der Waals surface area contributed by atoms with Crippen molar-refractivity contribution in [1.29, 1.82) is 0 Å². The number of aromatic nitrogens is 6. The summed E-state index contributed by atoms with van der Waals surface area (Å²) in [5.41, 5.74) is 11.6. The maximum Gasteiger partial charge on any atom is 1.00 e. The van der Waals surface area contributed by atoms with E-state index in [-0.39, 0.29) is 79.4 Å². The molecule has 5 heterocycles. The number of para-hydroxylation sites is 3. The minimum absolute atomic E-state index is 0. The van der Waals surface area contributed by atoms with Crippen molar-refractivity contribution in [1.82, 2.24) is 44.2 Å². The molecule has 3 atom stereocenters. The molecule has 3 aliphatic carbocycles. The number of rotatable bonds is 13. The molecule has 18 nitrogen and oxygen atoms in total. The number of alkyl carbamates (subject to hydrolysis) is 2. The Labute approximate surface area is 630 Å². The summed E-state index contributed by atoms with van der Waals surface area (Å²) in [4.78, 5) is 83.2. The number of ether oxygens (including phenoxy) is 2. The van der Waals surface area contributed by atoms with Crippen LogP contribution in [-0.2, 0) is 9.47 Å². The molecule has 3 saturated carbocycles. The minimum atomic E-state index is -4.44. The van der Waals surface area contributed by atoms with Crippen molar-refractivity contribution in [2.45, 2.75) is 148 Å². The molecule has 14 rings (SSSR count). The molecule has 101 heavy (non-hydrogen) atoms. The number of pyridine rings is 3. The van der Waals surface area contributed by atoms with E-state index >= 15 is 0 Å². The molecular weight excluding hydrogens is 1340 g/mol. The van der Waals surface area contributed by atoms with Crippen LogP contribution < -0.4 is 89.7 Å². The first-order chi connectivity index (χ1) is 47.5. The first-order valence-electron chi connectivity index (χ1n) is 33.5. The third-order valence-corrected chi connectivity index (χ3v) is 17.6. The first-order valence-corrected chi connectivity index (χ1v) is 33.9. The van der Waals surface area contributed by atoms with Gasteiger partial charge in [0, 0.05) is 46.5 Å². The van der Waals surface area contributed by atoms with Crippen molar-refractivity contribution in [3.8, 4) is 17.1 Å². The zero-order valence-corrected chi connectivity index (χ0v) is 62.0. The van der Waals surface area contributed by atoms with E-state index < -0.39 is 60.2 Å². The molecule has 3 amide bonds. The topological polar surface area (TPSA) is 228 Å². The normalized spacial score (nSPS) is 14.5. The first kappa shape index (κ1) is 74.8. The molecule has 518 valence electrons. The van der Waals surface area contributed by atoms with Crippen LogP contribution in [0.5, 0.6) is 0 Å². The molecule has 0 unspecified atom stereocenters. The Hall–Kier alpha value is -8.84. The predicted molar refractivity (Wildman–Crippen MR) is 389 cm³/mol. The van der Waals surface area contributed by atoms with Crippen LogP contribution >= 0.6 is 11.6 Å². The number of fused-ring (bicyclic) bond motifs is 4. The van der Waals surface area contributed by atoms with Gasteiger partial charge < -0.3 is 44.1 Å². The number of amides is 3. The van der Waals surface area contributed by atoms with Crippen LogP contribution in [-0.4, -0.2) is 64.6 Å². The van der Waals surface area contributed by atoms with E-state index in [0.29, 0.717) is 57.8 Å². The zero-order valence-electron chi connectivity index (χ0n) is 58.1. The molecular formula is C77H80BClF3KN10O8. The summed E-state index contributed by atoms with van der Waals surface area (Å²) in [5, 5.41) is 17.8. The van der Waals surface area contributed by atoms with E-state index in [2.05, 4.69) is 38.2 Å². The number of benzene rings is 6. The van der Waals surface area contributed by atoms with Crippen LogP contribution in [0.4, 0.5) is 28.4 Å². The fraction of sp³-hybridized carbons (Fsp3) is 0.299. The molecule has 0 radical (unpaired) electrons. The standard InChI is InChI=1S/C27H24N6O2.C25H28N2O3.C22H23ClN2O3.C3H5BF3.K/c1-16(30-26(34)23-24(28)31-32-14-6-13-29-25(23)32)21-15-18-7-5-10-20(17-11-12-17)22(18)27(35)33(21)19-8-3-2-4-9-19;1-16(26-24(29)30-25(2,3)4)21-15-18-9-8-12-20(17-13-14-17)22(18)23(28)27(21)19-10-6-5-7-11-19;1-14(24-21(27)28-22(2,3)4)18-13-15-9-8-12-17(23)19(15)20(26)25(18)16-10-6-5-7-11-16;5-4(6,7)3-1-2-3;/h2-10,13-17H,11-12H2,1H3,(H2,28,31)(H,30,34);5-12,15-17H,13-14H2,1-4H3,(H,26,29);5-14H,1-4H3,(H,24,27);3H,1-2H2;/q;;;-1;+1/t2*16-;14-;;/m000../s1. The van der Waals surface area contributed by atoms with Gasteiger partial charge in [0.1, 0.15) is 16.8 Å². The van der Waals surface area contributed by atoms with Crippen molar-refractivity contribution in [2.75, 3.05) is 5.73 Å². The van der Waals surface area contributed by atoms with Gasteiger partial charge in [-0.2, -0.15) is 0 Å². The number of carbonyl (C=O) groups excluding carboxylic acids is 3. The molecule has 5 aromatic heterocycles. The third kappa shape index (κ3) is 17.9. The van der Waals surface area contributed by atoms with E-state index in [1.807, 2.05) is 181 Å². The fourth-order valence-electron chi connectivity index (χ4n) is 12.2. The summed E-state index contributed by atoms with van der Waals surface area (Å²) in [6, 6.07) is 52.0. The van der Waals surface area contributed by atoms with Crippen molar-refractivity contribution in [3.63, 3.8) is 0 Å². The second-order valence-electron chi connectivity index (χ2n) is 27.6. The average Bonchev–Trinajstić information content (AvgIpc) is 1.75. The molecule has 0 bridgehead atoms. The van der Waals surface area contributed by atoms with Gasteiger partial charge in [0.15, 0.2) is 11.5 Å². The number of carbonyl (C=O) groups is 3. The molecule has 24 heteroatoms. The zero-order chi connectivity index (χ0) is 71.5. The van der Waals surface area contributed by atoms with Gasteiger partial charge >= 0.3 is 70.5 Å². The number of nitrogen functional groups attached to an aromatic ring is 1. The van der Waals surface area contributed by atoms with Crippen LogP contribution in [0.3, 0.4) is 0 Å². The Morgan fingerprint density at radius 3 is 1.28 bits per heavy atom. The minimum Gasteiger partial charge on any atom is -0.449 e. The summed E-state index contributed by atoms with van der Waals surface area (Å²) in [6.07, 6.45) is 7.45. The van der Waals surface area contributed by atoms with E-state index in [0.717, 1.165) is 80.8 Å². The maximum atomic E-state index is 14.0. The van der Waals surface area contributed by atoms with E-state index in [1.165, 1.54) is 4.52 Å². The van der Waals surface area contributed by atoms with Gasteiger partial charge in [-0.1, -0.05) is 133 Å². The van der Waals surface area contributed by atoms with Gasteiger partial charge in [-0.3, -0.25) is 32.9 Å². The number of nitrogens with zero attached hydrogens (tertiary/aromatic N) is 6. The Kier molecular flexibility index (Phi) is 23.1. The summed E-state index contributed by atoms with van der Waals surface area (Å²) < 4.78 is 51.2. The van der Waals surface area contributed by atoms with E-state index in [4.69, 9.17) is 26.8 Å². The summed E-state index contributed by atoms with van der Waals surface area (Å²) in [5.74, 6) is -0.289. The fourth-order valence-corrected chi connectivity index (χ4v) is 12.4. The molecule has 3 fully saturated rings. The number of anilines is 1. The number of nitrogens with two attached hydrogens (primary N) is 1. The van der Waals surface area contributed by atoms with Crippen molar-refractivity contribution in [3.05, 3.63) is 252 Å². The third-order valence-electron chi connectivity index (χ3n) is 17.3. The van der Waals surface area contributed by atoms with Gasteiger partial charge in [0.25, 0.3) is 22.6 Å². The second-order valence-corrected chi connectivity index (χ2v) is 28.0. The van der Waals surface area contributed by atoms with E-state index in [1.54, 1.807) is 65.1 Å². The number of nitrogens with one attached hydrogen (secondary N) is 3. The van der Waals surface area contributed by atoms with Crippen LogP contribution in [0.25, 0.3) is 55.0 Å². The summed E-state index contributed by atoms with van der Waals surface area (Å²) >= 11 is 6.31. The van der Waals surface area contributed by atoms with Crippen LogP contribution in [0.15, 0.2) is 197 Å². The average molecular weight is 1420 g/mol. The molecule has 11 aromatic rings. The summed E-state index contributed by atoms with van der Waals surface area (Å²) in [6.45, 7) is 12.0. The molecule has 0 saturated heterocycles. The molecule has 6 aromatic carbocycles. The molecule has 0 spiro atoms. The Morgan fingerprint density at radius 1 is 0.535 bits per heavy atom. The quantitative estimate of drug-likeness (QED) is 0.0794. The van der Waals surface area contributed by atoms with Gasteiger partial charge in [-0.05, 0) is 194 Å². The van der Waals surface area contributed by atoms with Gasteiger partial charge in [-0.25, -0.2) is 19.1 Å². The van der Waals surface area contributed by atoms with Crippen molar-refractivity contribution >= 4 is 80.5 Å². The van der Waals surface area contributed by atoms with Crippen molar-refractivity contribution < 1.29 is 88.2 Å². The van der Waals surface area contributed by atoms with Crippen LogP contribution in [0.1, 0.15) is 169 Å². The van der Waals surface area contributed by atoms with Crippen LogP contribution in [0.2, 0.25) is 10.8 Å². The Balaban J connectivity index is 0.000000156. The van der Waals surface area contributed by atoms with E-state index in [9.17, 15) is 41.7 Å². The van der Waals surface area contributed by atoms with Gasteiger partial charge in [-0.15, -0.1) is 5.10 Å². The predicted octanol–water partition coefficient (Wildman–Crippen LogP) is 13.7. The second kappa shape index (κ2) is 31.2. The molecule has 0 aliphatic heterocycles. The smallest absolute Gasteiger partial charge is 0.449 e. The number of hydrogen-bond donors (Lipinski definition) is 4. The summed E-state index contributed by atoms with van der Waals surface area (Å²) in [7, 11) is 0. The largest absolute Gasteiger partial charge is 1.00 e. The number of halogens is 4.